The molecule has 0 aromatic heterocycles. The van der Waals surface area contributed by atoms with Crippen molar-refractivity contribution in [1.29, 1.82) is 0 Å². The second-order valence-electron chi connectivity index (χ2n) is 4.89. The number of aliphatic hydroxyl groups is 1. The third kappa shape index (κ3) is 3.70. The van der Waals surface area contributed by atoms with Crippen molar-refractivity contribution >= 4 is 13.8 Å². The molecule has 0 radical (unpaired) electrons. The fourth-order valence-corrected chi connectivity index (χ4v) is 6.02. The van der Waals surface area contributed by atoms with Crippen molar-refractivity contribution in [3.05, 3.63) is 0 Å². The highest BCUT2D eigenvalue weighted by molar-refractivity contribution is 6.83. The normalized spacial score (nSPS) is 15.6. The lowest BCUT2D eigenvalue weighted by Gasteiger charge is -2.34. The molecule has 0 spiro atoms. The van der Waals surface area contributed by atoms with Crippen LogP contribution in [0.4, 0.5) is 0 Å². The van der Waals surface area contributed by atoms with Crippen LogP contribution < -0.4 is 0 Å². The van der Waals surface area contributed by atoms with Gasteiger partial charge >= 0.3 is 0 Å². The first-order valence-electron chi connectivity index (χ1n) is 6.71. The van der Waals surface area contributed by atoms with Crippen LogP contribution in [0.3, 0.4) is 0 Å². The van der Waals surface area contributed by atoms with Crippen LogP contribution in [0.5, 0.6) is 0 Å². The second kappa shape index (κ2) is 7.23. The monoisotopic (exact) mass is 243 g/mol. The molecule has 0 aromatic rings. The summed E-state index contributed by atoms with van der Waals surface area (Å²) >= 11 is 0. The lowest BCUT2D eigenvalue weighted by atomic mass is 10.3. The van der Waals surface area contributed by atoms with Crippen LogP contribution in [0.2, 0.25) is 18.1 Å². The predicted molar refractivity (Wildman–Crippen MR) is 76.1 cm³/mol. The number of aliphatic imine (C=N–C) groups is 1. The number of rotatable bonds is 7. The van der Waals surface area contributed by atoms with E-state index in [1.807, 2.05) is 0 Å². The van der Waals surface area contributed by atoms with Gasteiger partial charge in [-0.2, -0.15) is 0 Å². The first-order chi connectivity index (χ1) is 7.47. The molecule has 2 nitrogen and oxygen atoms in total. The van der Waals surface area contributed by atoms with E-state index in [-0.39, 0.29) is 5.73 Å². The van der Waals surface area contributed by atoms with Crippen LogP contribution in [0.25, 0.3) is 0 Å². The Labute approximate surface area is 102 Å². The van der Waals surface area contributed by atoms with Gasteiger partial charge < -0.3 is 5.11 Å². The molecule has 0 aliphatic heterocycles. The van der Waals surface area contributed by atoms with Crippen molar-refractivity contribution in [3.8, 4) is 0 Å². The Morgan fingerprint density at radius 1 is 1.06 bits per heavy atom. The van der Waals surface area contributed by atoms with E-state index in [0.29, 0.717) is 6.04 Å². The van der Waals surface area contributed by atoms with Gasteiger partial charge in [0.1, 0.15) is 0 Å². The number of nitrogens with zero attached hydrogens (tertiary/aromatic N) is 1. The summed E-state index contributed by atoms with van der Waals surface area (Å²) in [5.41, 5.74) is 0.798. The summed E-state index contributed by atoms with van der Waals surface area (Å²) in [6, 6.07) is 3.75. The largest absolute Gasteiger partial charge is 0.391 e. The quantitative estimate of drug-likeness (QED) is 0.537. The van der Waals surface area contributed by atoms with Crippen LogP contribution in [0.15, 0.2) is 4.99 Å². The average molecular weight is 243 g/mol. The molecule has 0 saturated carbocycles. The molecule has 1 N–H and O–H groups in total. The SMILES string of the molecule is CCC(=NC(C)C)C(O)[Si](CC)(CC)CC. The van der Waals surface area contributed by atoms with E-state index >= 15 is 0 Å². The van der Waals surface area contributed by atoms with Crippen LogP contribution in [0, 0.1) is 0 Å². The minimum Gasteiger partial charge on any atom is -0.391 e. The molecule has 0 aromatic carbocycles. The molecule has 16 heavy (non-hydrogen) atoms. The van der Waals surface area contributed by atoms with E-state index in [2.05, 4.69) is 46.5 Å². The summed E-state index contributed by atoms with van der Waals surface area (Å²) in [6.45, 7) is 12.9. The van der Waals surface area contributed by atoms with Crippen LogP contribution in [0.1, 0.15) is 48.0 Å². The van der Waals surface area contributed by atoms with Gasteiger partial charge in [0, 0.05) is 11.8 Å². The number of hydrogen-bond donors (Lipinski definition) is 1. The molecule has 0 fully saturated rings. The third-order valence-corrected chi connectivity index (χ3v) is 9.51. The summed E-state index contributed by atoms with van der Waals surface area (Å²) in [5.74, 6) is 0. The molecule has 3 heteroatoms. The minimum atomic E-state index is -1.55. The summed E-state index contributed by atoms with van der Waals surface area (Å²) in [4.78, 5) is 4.61. The molecule has 0 aliphatic rings. The predicted octanol–water partition coefficient (Wildman–Crippen LogP) is 3.65. The van der Waals surface area contributed by atoms with Crippen LogP contribution in [-0.4, -0.2) is 30.7 Å². The number of aliphatic hydroxyl groups excluding tert-OH is 1. The summed E-state index contributed by atoms with van der Waals surface area (Å²) in [5, 5.41) is 10.6. The van der Waals surface area contributed by atoms with Gasteiger partial charge in [-0.05, 0) is 20.3 Å². The van der Waals surface area contributed by atoms with E-state index < -0.39 is 8.07 Å². The zero-order chi connectivity index (χ0) is 12.8. The highest BCUT2D eigenvalue weighted by atomic mass is 28.3. The molecular formula is C13H29NOSi. The summed E-state index contributed by atoms with van der Waals surface area (Å²) < 4.78 is 0. The Bertz CT molecular complexity index is 214. The van der Waals surface area contributed by atoms with Gasteiger partial charge in [-0.3, -0.25) is 4.99 Å². The minimum absolute atomic E-state index is 0.236. The fourth-order valence-electron chi connectivity index (χ4n) is 2.37. The second-order valence-corrected chi connectivity index (χ2v) is 10.3. The van der Waals surface area contributed by atoms with Crippen molar-refractivity contribution in [2.75, 3.05) is 0 Å². The van der Waals surface area contributed by atoms with E-state index in [9.17, 15) is 5.11 Å². The Morgan fingerprint density at radius 2 is 1.50 bits per heavy atom. The summed E-state index contributed by atoms with van der Waals surface area (Å²) in [7, 11) is -1.55. The zero-order valence-electron chi connectivity index (χ0n) is 11.9. The van der Waals surface area contributed by atoms with Gasteiger partial charge in [0.05, 0.1) is 13.8 Å². The van der Waals surface area contributed by atoms with Crippen molar-refractivity contribution in [2.24, 2.45) is 4.99 Å². The first-order valence-corrected chi connectivity index (χ1v) is 9.41. The molecule has 0 heterocycles. The standard InChI is InChI=1S/C13H29NOSi/c1-7-12(14-11(5)6)13(15)16(8-2,9-3)10-4/h11,13,15H,7-10H2,1-6H3. The lowest BCUT2D eigenvalue weighted by molar-refractivity contribution is 0.301. The van der Waals surface area contributed by atoms with Gasteiger partial charge in [0.25, 0.3) is 0 Å². The number of hydrogen-bond acceptors (Lipinski definition) is 2. The Kier molecular flexibility index (Phi) is 7.16. The molecule has 1 atom stereocenters. The maximum absolute atomic E-state index is 10.6. The Morgan fingerprint density at radius 3 is 1.75 bits per heavy atom. The van der Waals surface area contributed by atoms with Gasteiger partial charge in [-0.15, -0.1) is 0 Å². The first kappa shape index (κ1) is 15.8. The Hall–Kier alpha value is -0.153. The topological polar surface area (TPSA) is 32.6 Å². The van der Waals surface area contributed by atoms with Gasteiger partial charge in [0.15, 0.2) is 0 Å². The molecule has 0 saturated heterocycles. The molecule has 0 bridgehead atoms. The molecular weight excluding hydrogens is 214 g/mol. The van der Waals surface area contributed by atoms with Gasteiger partial charge in [-0.25, -0.2) is 0 Å². The van der Waals surface area contributed by atoms with E-state index in [0.717, 1.165) is 30.3 Å². The lowest BCUT2D eigenvalue weighted by Crippen LogP contribution is -2.50. The van der Waals surface area contributed by atoms with Crippen LogP contribution >= 0.6 is 0 Å². The highest BCUT2D eigenvalue weighted by Gasteiger charge is 2.37. The molecule has 1 unspecified atom stereocenters. The third-order valence-electron chi connectivity index (χ3n) is 3.79. The van der Waals surface area contributed by atoms with Crippen molar-refractivity contribution in [3.63, 3.8) is 0 Å². The van der Waals surface area contributed by atoms with Crippen molar-refractivity contribution < 1.29 is 5.11 Å². The van der Waals surface area contributed by atoms with Crippen LogP contribution in [-0.2, 0) is 0 Å². The van der Waals surface area contributed by atoms with Crippen molar-refractivity contribution in [2.45, 2.75) is 77.9 Å². The average Bonchev–Trinajstić information content (AvgIpc) is 2.28. The molecule has 0 amide bonds. The Balaban J connectivity index is 5.03. The van der Waals surface area contributed by atoms with E-state index in [1.54, 1.807) is 0 Å². The van der Waals surface area contributed by atoms with Crippen molar-refractivity contribution in [1.82, 2.24) is 0 Å². The fraction of sp³-hybridized carbons (Fsp3) is 0.923. The maximum Gasteiger partial charge on any atom is 0.0937 e. The maximum atomic E-state index is 10.6. The van der Waals surface area contributed by atoms with E-state index in [4.69, 9.17) is 0 Å². The smallest absolute Gasteiger partial charge is 0.0937 e. The van der Waals surface area contributed by atoms with Gasteiger partial charge in [0.2, 0.25) is 0 Å². The van der Waals surface area contributed by atoms with Gasteiger partial charge in [-0.1, -0.05) is 45.8 Å². The highest BCUT2D eigenvalue weighted by Crippen LogP contribution is 2.26. The zero-order valence-corrected chi connectivity index (χ0v) is 12.9. The molecule has 96 valence electrons. The van der Waals surface area contributed by atoms with E-state index in [1.165, 1.54) is 0 Å². The molecule has 0 rings (SSSR count). The molecule has 0 aliphatic carbocycles. The summed E-state index contributed by atoms with van der Waals surface area (Å²) in [6.07, 6.45) is 0.883.